The summed E-state index contributed by atoms with van der Waals surface area (Å²) in [6, 6.07) is 1.43. The third-order valence-electron chi connectivity index (χ3n) is 4.60. The highest BCUT2D eigenvalue weighted by molar-refractivity contribution is 4.84. The van der Waals surface area contributed by atoms with E-state index in [1.54, 1.807) is 0 Å². The summed E-state index contributed by atoms with van der Waals surface area (Å²) in [4.78, 5) is 2.71. The quantitative estimate of drug-likeness (QED) is 0.833. The van der Waals surface area contributed by atoms with Crippen molar-refractivity contribution in [1.29, 1.82) is 0 Å². The predicted octanol–water partition coefficient (Wildman–Crippen LogP) is 2.27. The highest BCUT2D eigenvalue weighted by Gasteiger charge is 2.28. The molecule has 2 rings (SSSR count). The van der Waals surface area contributed by atoms with Crippen molar-refractivity contribution in [3.63, 3.8) is 0 Å². The Morgan fingerprint density at radius 3 is 2.94 bits per heavy atom. The molecule has 0 bridgehead atoms. The maximum Gasteiger partial charge on any atom is 0.0521 e. The molecule has 0 saturated carbocycles. The molecule has 106 valence electrons. The smallest absolute Gasteiger partial charge is 0.0521 e. The van der Waals surface area contributed by atoms with E-state index in [2.05, 4.69) is 24.1 Å². The minimum atomic E-state index is 0.666. The van der Waals surface area contributed by atoms with Crippen LogP contribution in [0.4, 0.5) is 0 Å². The second-order valence-electron chi connectivity index (χ2n) is 5.98. The Balaban J connectivity index is 1.88. The van der Waals surface area contributed by atoms with Crippen molar-refractivity contribution in [2.75, 3.05) is 32.8 Å². The van der Waals surface area contributed by atoms with Gasteiger partial charge < -0.3 is 15.0 Å². The van der Waals surface area contributed by atoms with Crippen molar-refractivity contribution in [1.82, 2.24) is 10.2 Å². The summed E-state index contributed by atoms with van der Waals surface area (Å²) in [5, 5.41) is 3.65. The third kappa shape index (κ3) is 3.94. The molecule has 2 aliphatic rings. The zero-order valence-corrected chi connectivity index (χ0v) is 12.2. The molecule has 2 aliphatic heterocycles. The van der Waals surface area contributed by atoms with Crippen molar-refractivity contribution in [2.24, 2.45) is 5.92 Å². The van der Waals surface area contributed by atoms with E-state index in [1.807, 2.05) is 0 Å². The number of likely N-dealkylation sites (tertiary alicyclic amines) is 1. The molecule has 2 fully saturated rings. The zero-order valence-electron chi connectivity index (χ0n) is 12.2. The van der Waals surface area contributed by atoms with Gasteiger partial charge in [-0.05, 0) is 39.3 Å². The van der Waals surface area contributed by atoms with Crippen LogP contribution in [-0.2, 0) is 4.74 Å². The van der Waals surface area contributed by atoms with Crippen LogP contribution in [0.15, 0.2) is 0 Å². The van der Waals surface area contributed by atoms with Gasteiger partial charge in [-0.2, -0.15) is 0 Å². The molecule has 0 aromatic heterocycles. The maximum absolute atomic E-state index is 5.70. The van der Waals surface area contributed by atoms with Gasteiger partial charge in [0.1, 0.15) is 0 Å². The molecule has 0 aliphatic carbocycles. The van der Waals surface area contributed by atoms with Gasteiger partial charge in [0.15, 0.2) is 0 Å². The van der Waals surface area contributed by atoms with Gasteiger partial charge in [-0.3, -0.25) is 0 Å². The predicted molar refractivity (Wildman–Crippen MR) is 75.9 cm³/mol. The van der Waals surface area contributed by atoms with Gasteiger partial charge in [0.05, 0.1) is 6.61 Å². The van der Waals surface area contributed by atoms with Gasteiger partial charge in [0.25, 0.3) is 0 Å². The summed E-state index contributed by atoms with van der Waals surface area (Å²) in [7, 11) is 0. The van der Waals surface area contributed by atoms with E-state index in [1.165, 1.54) is 45.2 Å². The summed E-state index contributed by atoms with van der Waals surface area (Å²) >= 11 is 0. The molecule has 0 spiro atoms. The minimum Gasteiger partial charge on any atom is -0.381 e. The molecule has 2 saturated heterocycles. The van der Waals surface area contributed by atoms with Crippen LogP contribution >= 0.6 is 0 Å². The Labute approximate surface area is 112 Å². The van der Waals surface area contributed by atoms with Crippen LogP contribution in [0.3, 0.4) is 0 Å². The van der Waals surface area contributed by atoms with Crippen LogP contribution in [0.1, 0.15) is 46.0 Å². The molecule has 3 atom stereocenters. The maximum atomic E-state index is 5.70. The summed E-state index contributed by atoms with van der Waals surface area (Å²) in [5.41, 5.74) is 0. The molecule has 0 aromatic rings. The van der Waals surface area contributed by atoms with Crippen LogP contribution in [0.2, 0.25) is 0 Å². The summed E-state index contributed by atoms with van der Waals surface area (Å²) < 4.78 is 5.70. The van der Waals surface area contributed by atoms with Crippen LogP contribution in [0.5, 0.6) is 0 Å². The van der Waals surface area contributed by atoms with Gasteiger partial charge in [0, 0.05) is 31.2 Å². The molecule has 3 unspecified atom stereocenters. The molecule has 3 nitrogen and oxygen atoms in total. The lowest BCUT2D eigenvalue weighted by Crippen LogP contribution is -2.49. The average molecular weight is 254 g/mol. The number of hydrogen-bond donors (Lipinski definition) is 1. The minimum absolute atomic E-state index is 0.666. The Bertz CT molecular complexity index is 233. The lowest BCUT2D eigenvalue weighted by molar-refractivity contribution is 0.0119. The summed E-state index contributed by atoms with van der Waals surface area (Å²) in [6.07, 6.45) is 6.76. The van der Waals surface area contributed by atoms with E-state index >= 15 is 0 Å². The zero-order chi connectivity index (χ0) is 12.8. The SMILES string of the molecule is CCNC1CCOCC1CN1CCCCCC1C. The standard InChI is InChI=1S/C15H30N2O/c1-3-16-15-8-10-18-12-14(15)11-17-9-6-4-5-7-13(17)2/h13-16H,3-12H2,1-2H3. The van der Waals surface area contributed by atoms with Crippen LogP contribution < -0.4 is 5.32 Å². The van der Waals surface area contributed by atoms with Gasteiger partial charge in [-0.15, -0.1) is 0 Å². The van der Waals surface area contributed by atoms with E-state index in [4.69, 9.17) is 4.74 Å². The fourth-order valence-corrected chi connectivity index (χ4v) is 3.41. The van der Waals surface area contributed by atoms with Crippen molar-refractivity contribution in [3.05, 3.63) is 0 Å². The summed E-state index contributed by atoms with van der Waals surface area (Å²) in [6.45, 7) is 10.1. The van der Waals surface area contributed by atoms with Crippen LogP contribution in [-0.4, -0.2) is 49.8 Å². The Morgan fingerprint density at radius 1 is 1.22 bits per heavy atom. The first kappa shape index (κ1) is 14.3. The van der Waals surface area contributed by atoms with Crippen LogP contribution in [0.25, 0.3) is 0 Å². The average Bonchev–Trinajstić information content (AvgIpc) is 2.58. The summed E-state index contributed by atoms with van der Waals surface area (Å²) in [5.74, 6) is 0.680. The molecule has 0 aromatic carbocycles. The highest BCUT2D eigenvalue weighted by Crippen LogP contribution is 2.21. The van der Waals surface area contributed by atoms with Crippen molar-refractivity contribution in [3.8, 4) is 0 Å². The molecule has 1 N–H and O–H groups in total. The highest BCUT2D eigenvalue weighted by atomic mass is 16.5. The molecule has 2 heterocycles. The molecule has 0 radical (unpaired) electrons. The van der Waals surface area contributed by atoms with E-state index in [9.17, 15) is 0 Å². The van der Waals surface area contributed by atoms with Crippen LogP contribution in [0, 0.1) is 5.92 Å². The first-order valence-corrected chi connectivity index (χ1v) is 7.86. The second-order valence-corrected chi connectivity index (χ2v) is 5.98. The van der Waals surface area contributed by atoms with Crippen molar-refractivity contribution >= 4 is 0 Å². The van der Waals surface area contributed by atoms with E-state index in [0.29, 0.717) is 12.0 Å². The number of nitrogens with one attached hydrogen (secondary N) is 1. The number of hydrogen-bond acceptors (Lipinski definition) is 3. The lowest BCUT2D eigenvalue weighted by Gasteiger charge is -2.37. The second kappa shape index (κ2) is 7.46. The fraction of sp³-hybridized carbons (Fsp3) is 1.00. The van der Waals surface area contributed by atoms with Crippen molar-refractivity contribution in [2.45, 2.75) is 58.0 Å². The van der Waals surface area contributed by atoms with Gasteiger partial charge in [-0.1, -0.05) is 19.8 Å². The van der Waals surface area contributed by atoms with Gasteiger partial charge >= 0.3 is 0 Å². The third-order valence-corrected chi connectivity index (χ3v) is 4.60. The van der Waals surface area contributed by atoms with Gasteiger partial charge in [-0.25, -0.2) is 0 Å². The molecule has 3 heteroatoms. The van der Waals surface area contributed by atoms with E-state index in [-0.39, 0.29) is 0 Å². The first-order chi connectivity index (χ1) is 8.81. The van der Waals surface area contributed by atoms with Gasteiger partial charge in [0.2, 0.25) is 0 Å². The Kier molecular flexibility index (Phi) is 5.93. The van der Waals surface area contributed by atoms with E-state index < -0.39 is 0 Å². The molecular weight excluding hydrogens is 224 g/mol. The van der Waals surface area contributed by atoms with E-state index in [0.717, 1.165) is 25.8 Å². The normalized spacial score (nSPS) is 35.3. The molecule has 0 amide bonds. The van der Waals surface area contributed by atoms with Crippen molar-refractivity contribution < 1.29 is 4.74 Å². The molecular formula is C15H30N2O. The molecule has 18 heavy (non-hydrogen) atoms. The number of ether oxygens (including phenoxy) is 1. The Morgan fingerprint density at radius 2 is 2.11 bits per heavy atom. The number of nitrogens with zero attached hydrogens (tertiary/aromatic N) is 1. The lowest BCUT2D eigenvalue weighted by atomic mass is 9.94. The fourth-order valence-electron chi connectivity index (χ4n) is 3.41. The monoisotopic (exact) mass is 254 g/mol. The number of rotatable bonds is 4. The Hall–Kier alpha value is -0.120. The largest absolute Gasteiger partial charge is 0.381 e. The topological polar surface area (TPSA) is 24.5 Å². The first-order valence-electron chi connectivity index (χ1n) is 7.86.